The van der Waals surface area contributed by atoms with Gasteiger partial charge in [0.05, 0.1) is 12.1 Å². The lowest BCUT2D eigenvalue weighted by Crippen LogP contribution is -2.04. The Bertz CT molecular complexity index is 1380. The number of ether oxygens (including phenoxy) is 1. The van der Waals surface area contributed by atoms with E-state index in [2.05, 4.69) is 25.5 Å². The molecule has 5 rings (SSSR count). The van der Waals surface area contributed by atoms with Gasteiger partial charge in [0.25, 0.3) is 5.89 Å². The van der Waals surface area contributed by atoms with Crippen molar-refractivity contribution in [3.63, 3.8) is 0 Å². The zero-order valence-corrected chi connectivity index (χ0v) is 17.8. The van der Waals surface area contributed by atoms with Crippen molar-refractivity contribution in [3.05, 3.63) is 84.2 Å². The molecule has 2 aromatic heterocycles. The molecule has 7 nitrogen and oxygen atoms in total. The quantitative estimate of drug-likeness (QED) is 0.357. The summed E-state index contributed by atoms with van der Waals surface area (Å²) in [4.78, 5) is 9.24. The normalized spacial score (nSPS) is 11.0. The molecule has 0 radical (unpaired) electrons. The Kier molecular flexibility index (Phi) is 5.63. The fraction of sp³-hybridized carbons (Fsp3) is 0.120. The Morgan fingerprint density at radius 1 is 0.879 bits per heavy atom. The topological polar surface area (TPSA) is 86.0 Å². The van der Waals surface area contributed by atoms with Crippen molar-refractivity contribution in [2.24, 2.45) is 0 Å². The Balaban J connectivity index is 1.44. The number of nitrogens with one attached hydrogen (secondary N) is 1. The Morgan fingerprint density at radius 3 is 2.42 bits per heavy atom. The molecule has 164 valence electrons. The fourth-order valence-electron chi connectivity index (χ4n) is 3.39. The van der Waals surface area contributed by atoms with Crippen LogP contribution in [0.15, 0.2) is 77.2 Å². The molecule has 0 bridgehead atoms. The van der Waals surface area contributed by atoms with Crippen molar-refractivity contribution in [2.45, 2.75) is 13.5 Å². The van der Waals surface area contributed by atoms with E-state index in [1.165, 1.54) is 12.1 Å². The number of aromatic nitrogens is 4. The highest BCUT2D eigenvalue weighted by molar-refractivity contribution is 5.90. The van der Waals surface area contributed by atoms with Gasteiger partial charge in [0.15, 0.2) is 0 Å². The molecular weight excluding hydrogens is 421 g/mol. The molecule has 0 amide bonds. The summed E-state index contributed by atoms with van der Waals surface area (Å²) < 4.78 is 24.5. The van der Waals surface area contributed by atoms with Gasteiger partial charge in [-0.15, -0.1) is 10.2 Å². The molecule has 0 atom stereocenters. The molecule has 1 N–H and O–H groups in total. The van der Waals surface area contributed by atoms with E-state index >= 15 is 0 Å². The standard InChI is InChI=1S/C25H20FN5O2/c1-2-32-19-13-7-16(8-14-19)15-27-22-20-5-3-4-6-21(20)28-23(29-22)25-31-30-24(33-25)17-9-11-18(26)12-10-17/h3-14H,2,15H2,1H3,(H,27,28,29). The Morgan fingerprint density at radius 2 is 1.64 bits per heavy atom. The first kappa shape index (κ1) is 20.6. The minimum atomic E-state index is -0.334. The lowest BCUT2D eigenvalue weighted by molar-refractivity contribution is 0.340. The third kappa shape index (κ3) is 4.50. The van der Waals surface area contributed by atoms with Gasteiger partial charge in [0.1, 0.15) is 17.4 Å². The first-order chi connectivity index (χ1) is 16.2. The second-order valence-electron chi connectivity index (χ2n) is 7.26. The number of hydrogen-bond acceptors (Lipinski definition) is 7. The second kappa shape index (κ2) is 9.04. The molecule has 2 heterocycles. The predicted octanol–water partition coefficient (Wildman–Crippen LogP) is 5.50. The minimum absolute atomic E-state index is 0.184. The van der Waals surface area contributed by atoms with Crippen LogP contribution in [0, 0.1) is 5.82 Å². The summed E-state index contributed by atoms with van der Waals surface area (Å²) in [7, 11) is 0. The fourth-order valence-corrected chi connectivity index (χ4v) is 3.39. The summed E-state index contributed by atoms with van der Waals surface area (Å²) in [5.41, 5.74) is 2.45. The zero-order valence-electron chi connectivity index (χ0n) is 17.8. The minimum Gasteiger partial charge on any atom is -0.494 e. The average molecular weight is 441 g/mol. The monoisotopic (exact) mass is 441 g/mol. The van der Waals surface area contributed by atoms with E-state index in [9.17, 15) is 4.39 Å². The van der Waals surface area contributed by atoms with Crippen LogP contribution in [0.3, 0.4) is 0 Å². The molecule has 33 heavy (non-hydrogen) atoms. The van der Waals surface area contributed by atoms with Crippen LogP contribution < -0.4 is 10.1 Å². The first-order valence-corrected chi connectivity index (χ1v) is 10.5. The van der Waals surface area contributed by atoms with Gasteiger partial charge in [-0.1, -0.05) is 24.3 Å². The average Bonchev–Trinajstić information content (AvgIpc) is 3.34. The maximum absolute atomic E-state index is 13.2. The van der Waals surface area contributed by atoms with Gasteiger partial charge in [-0.05, 0) is 61.0 Å². The summed E-state index contributed by atoms with van der Waals surface area (Å²) in [6, 6.07) is 21.5. The third-order valence-electron chi connectivity index (χ3n) is 5.01. The summed E-state index contributed by atoms with van der Waals surface area (Å²) in [6.45, 7) is 3.16. The number of nitrogens with zero attached hydrogens (tertiary/aromatic N) is 4. The van der Waals surface area contributed by atoms with Crippen molar-refractivity contribution in [2.75, 3.05) is 11.9 Å². The van der Waals surface area contributed by atoms with Gasteiger partial charge in [0, 0.05) is 17.5 Å². The van der Waals surface area contributed by atoms with Crippen molar-refractivity contribution >= 4 is 16.7 Å². The van der Waals surface area contributed by atoms with Crippen molar-refractivity contribution in [1.29, 1.82) is 0 Å². The molecule has 0 aliphatic heterocycles. The molecule has 0 spiro atoms. The maximum atomic E-state index is 13.2. The molecule has 5 aromatic rings. The third-order valence-corrected chi connectivity index (χ3v) is 5.01. The lowest BCUT2D eigenvalue weighted by atomic mass is 10.2. The number of anilines is 1. The molecule has 0 aliphatic carbocycles. The molecule has 0 saturated carbocycles. The summed E-state index contributed by atoms with van der Waals surface area (Å²) in [5, 5.41) is 12.4. The van der Waals surface area contributed by atoms with E-state index in [-0.39, 0.29) is 17.6 Å². The largest absolute Gasteiger partial charge is 0.494 e. The molecule has 3 aromatic carbocycles. The van der Waals surface area contributed by atoms with Crippen LogP contribution in [0.25, 0.3) is 34.1 Å². The van der Waals surface area contributed by atoms with Gasteiger partial charge < -0.3 is 14.5 Å². The van der Waals surface area contributed by atoms with E-state index in [1.807, 2.05) is 55.5 Å². The number of para-hydroxylation sites is 1. The number of hydrogen-bond donors (Lipinski definition) is 1. The highest BCUT2D eigenvalue weighted by Gasteiger charge is 2.16. The van der Waals surface area contributed by atoms with Crippen LogP contribution in [-0.4, -0.2) is 26.8 Å². The first-order valence-electron chi connectivity index (χ1n) is 10.5. The highest BCUT2D eigenvalue weighted by atomic mass is 19.1. The summed E-state index contributed by atoms with van der Waals surface area (Å²) in [6.07, 6.45) is 0. The molecule has 0 unspecified atom stereocenters. The van der Waals surface area contributed by atoms with E-state index in [4.69, 9.17) is 9.15 Å². The van der Waals surface area contributed by atoms with E-state index < -0.39 is 0 Å². The molecule has 0 aliphatic rings. The van der Waals surface area contributed by atoms with Gasteiger partial charge >= 0.3 is 0 Å². The van der Waals surface area contributed by atoms with Crippen LogP contribution in [0.2, 0.25) is 0 Å². The summed E-state index contributed by atoms with van der Waals surface area (Å²) >= 11 is 0. The van der Waals surface area contributed by atoms with Crippen molar-refractivity contribution in [1.82, 2.24) is 20.2 Å². The maximum Gasteiger partial charge on any atom is 0.286 e. The molecule has 8 heteroatoms. The van der Waals surface area contributed by atoms with Crippen molar-refractivity contribution < 1.29 is 13.5 Å². The molecule has 0 fully saturated rings. The summed E-state index contributed by atoms with van der Waals surface area (Å²) in [5.74, 6) is 1.92. The van der Waals surface area contributed by atoms with E-state index in [1.54, 1.807) is 12.1 Å². The highest BCUT2D eigenvalue weighted by Crippen LogP contribution is 2.27. The smallest absolute Gasteiger partial charge is 0.286 e. The Hall–Kier alpha value is -4.33. The number of halogens is 1. The second-order valence-corrected chi connectivity index (χ2v) is 7.26. The van der Waals surface area contributed by atoms with Crippen LogP contribution in [0.4, 0.5) is 10.2 Å². The van der Waals surface area contributed by atoms with Crippen LogP contribution in [0.5, 0.6) is 5.75 Å². The molecule has 0 saturated heterocycles. The lowest BCUT2D eigenvalue weighted by Gasteiger charge is -2.10. The van der Waals surface area contributed by atoms with Crippen LogP contribution in [0.1, 0.15) is 12.5 Å². The number of fused-ring (bicyclic) bond motifs is 1. The SMILES string of the molecule is CCOc1ccc(CNc2nc(-c3nnc(-c4ccc(F)cc4)o3)nc3ccccc23)cc1. The van der Waals surface area contributed by atoms with Crippen LogP contribution in [-0.2, 0) is 6.54 Å². The van der Waals surface area contributed by atoms with E-state index in [0.717, 1.165) is 22.2 Å². The van der Waals surface area contributed by atoms with E-state index in [0.29, 0.717) is 30.4 Å². The molecular formula is C25H20FN5O2. The zero-order chi connectivity index (χ0) is 22.6. The van der Waals surface area contributed by atoms with Crippen LogP contribution >= 0.6 is 0 Å². The number of benzene rings is 3. The Labute approximate surface area is 189 Å². The van der Waals surface area contributed by atoms with Crippen molar-refractivity contribution in [3.8, 4) is 28.9 Å². The van der Waals surface area contributed by atoms with Gasteiger partial charge in [-0.3, -0.25) is 0 Å². The number of rotatable bonds is 7. The van der Waals surface area contributed by atoms with Gasteiger partial charge in [-0.2, -0.15) is 0 Å². The van der Waals surface area contributed by atoms with Gasteiger partial charge in [0.2, 0.25) is 11.7 Å². The predicted molar refractivity (Wildman–Crippen MR) is 123 cm³/mol. The van der Waals surface area contributed by atoms with Gasteiger partial charge in [-0.25, -0.2) is 14.4 Å².